The maximum absolute atomic E-state index is 12.5. The molecule has 19 heavy (non-hydrogen) atoms. The predicted octanol–water partition coefficient (Wildman–Crippen LogP) is 1.29. The van der Waals surface area contributed by atoms with Crippen LogP contribution in [0.2, 0.25) is 0 Å². The topological polar surface area (TPSA) is 66.8 Å². The fraction of sp³-hybridized carbons (Fsp3) is 0.714. The van der Waals surface area contributed by atoms with E-state index in [1.807, 2.05) is 12.2 Å². The smallest absolute Gasteiger partial charge is 0.307 e. The summed E-state index contributed by atoms with van der Waals surface area (Å²) in [7, 11) is 1.79. The maximum Gasteiger partial charge on any atom is 0.307 e. The molecule has 0 aromatic rings. The lowest BCUT2D eigenvalue weighted by Gasteiger charge is -2.35. The van der Waals surface area contributed by atoms with Crippen LogP contribution in [-0.2, 0) is 14.3 Å². The first-order valence-corrected chi connectivity index (χ1v) is 6.83. The van der Waals surface area contributed by atoms with Crippen LogP contribution in [0, 0.1) is 11.8 Å². The van der Waals surface area contributed by atoms with Gasteiger partial charge >= 0.3 is 5.97 Å². The summed E-state index contributed by atoms with van der Waals surface area (Å²) in [5.74, 6) is -1.91. The minimum atomic E-state index is -0.872. The Bertz CT molecular complexity index is 374. The molecule has 1 heterocycles. The van der Waals surface area contributed by atoms with Crippen molar-refractivity contribution in [3.8, 4) is 0 Å². The van der Waals surface area contributed by atoms with Gasteiger partial charge in [0.05, 0.1) is 11.8 Å². The van der Waals surface area contributed by atoms with Crippen molar-refractivity contribution in [3.05, 3.63) is 12.2 Å². The summed E-state index contributed by atoms with van der Waals surface area (Å²) in [5, 5.41) is 9.23. The number of nitrogens with zero attached hydrogens (tertiary/aromatic N) is 1. The van der Waals surface area contributed by atoms with Gasteiger partial charge in [0.15, 0.2) is 0 Å². The fourth-order valence-corrected chi connectivity index (χ4v) is 2.87. The van der Waals surface area contributed by atoms with Crippen LogP contribution >= 0.6 is 0 Å². The normalized spacial score (nSPS) is 28.1. The van der Waals surface area contributed by atoms with E-state index in [9.17, 15) is 14.7 Å². The molecule has 0 radical (unpaired) electrons. The lowest BCUT2D eigenvalue weighted by Crippen LogP contribution is -2.46. The van der Waals surface area contributed by atoms with Crippen LogP contribution in [0.15, 0.2) is 12.2 Å². The van der Waals surface area contributed by atoms with E-state index in [2.05, 4.69) is 0 Å². The Kier molecular flexibility index (Phi) is 4.58. The van der Waals surface area contributed by atoms with E-state index in [-0.39, 0.29) is 11.9 Å². The zero-order valence-electron chi connectivity index (χ0n) is 11.2. The third kappa shape index (κ3) is 3.15. The van der Waals surface area contributed by atoms with Crippen molar-refractivity contribution in [3.63, 3.8) is 0 Å². The van der Waals surface area contributed by atoms with Crippen LogP contribution in [-0.4, -0.2) is 48.2 Å². The van der Waals surface area contributed by atoms with Gasteiger partial charge in [0.2, 0.25) is 5.91 Å². The molecule has 5 nitrogen and oxygen atoms in total. The second-order valence-corrected chi connectivity index (χ2v) is 5.29. The quantitative estimate of drug-likeness (QED) is 0.782. The number of ether oxygens (including phenoxy) is 1. The van der Waals surface area contributed by atoms with Crippen molar-refractivity contribution in [2.45, 2.75) is 31.7 Å². The van der Waals surface area contributed by atoms with Crippen molar-refractivity contribution < 1.29 is 19.4 Å². The first-order chi connectivity index (χ1) is 9.11. The number of carboxylic acid groups (broad SMARTS) is 1. The minimum Gasteiger partial charge on any atom is -0.481 e. The molecule has 2 rings (SSSR count). The summed E-state index contributed by atoms with van der Waals surface area (Å²) in [6, 6.07) is 0.182. The first-order valence-electron chi connectivity index (χ1n) is 6.83. The molecule has 106 valence electrons. The molecule has 1 aliphatic heterocycles. The summed E-state index contributed by atoms with van der Waals surface area (Å²) in [6.07, 6.45) is 6.43. The number of allylic oxidation sites excluding steroid dienone is 2. The van der Waals surface area contributed by atoms with Gasteiger partial charge in [-0.2, -0.15) is 0 Å². The molecule has 0 saturated carbocycles. The molecule has 0 bridgehead atoms. The molecule has 0 spiro atoms. The molecule has 1 amide bonds. The second kappa shape index (κ2) is 6.19. The molecule has 1 aliphatic carbocycles. The third-order valence-corrected chi connectivity index (χ3v) is 4.15. The van der Waals surface area contributed by atoms with Crippen LogP contribution in [0.1, 0.15) is 25.7 Å². The highest BCUT2D eigenvalue weighted by Crippen LogP contribution is 2.28. The van der Waals surface area contributed by atoms with Crippen LogP contribution in [0.4, 0.5) is 0 Å². The van der Waals surface area contributed by atoms with Gasteiger partial charge in [0, 0.05) is 26.3 Å². The number of carbonyl (C=O) groups is 2. The molecule has 2 aliphatic rings. The average molecular weight is 267 g/mol. The highest BCUT2D eigenvalue weighted by molar-refractivity contribution is 5.85. The number of rotatable bonds is 3. The highest BCUT2D eigenvalue weighted by Gasteiger charge is 2.37. The molecule has 0 unspecified atom stereocenters. The standard InChI is InChI=1S/C14H21NO4/c1-15(10-6-8-19-9-7-10)13(16)11-4-2-3-5-12(11)14(17)18/h2-3,10-12H,4-9H2,1H3,(H,17,18)/t11-,12+/m1/s1. The van der Waals surface area contributed by atoms with E-state index in [0.717, 1.165) is 12.8 Å². The van der Waals surface area contributed by atoms with Crippen molar-refractivity contribution in [1.29, 1.82) is 0 Å². The number of hydrogen-bond acceptors (Lipinski definition) is 3. The van der Waals surface area contributed by atoms with Gasteiger partial charge in [0.25, 0.3) is 0 Å². The predicted molar refractivity (Wildman–Crippen MR) is 69.6 cm³/mol. The van der Waals surface area contributed by atoms with Crippen molar-refractivity contribution >= 4 is 11.9 Å². The van der Waals surface area contributed by atoms with Gasteiger partial charge in [-0.25, -0.2) is 0 Å². The minimum absolute atomic E-state index is 0.0383. The maximum atomic E-state index is 12.5. The van der Waals surface area contributed by atoms with Gasteiger partial charge in [0.1, 0.15) is 0 Å². The highest BCUT2D eigenvalue weighted by atomic mass is 16.5. The van der Waals surface area contributed by atoms with E-state index in [1.54, 1.807) is 11.9 Å². The molecule has 2 atom stereocenters. The van der Waals surface area contributed by atoms with Gasteiger partial charge in [-0.3, -0.25) is 9.59 Å². The summed E-state index contributed by atoms with van der Waals surface area (Å²) < 4.78 is 5.29. The zero-order chi connectivity index (χ0) is 13.8. The number of carboxylic acids is 1. The third-order valence-electron chi connectivity index (χ3n) is 4.15. The lowest BCUT2D eigenvalue weighted by molar-refractivity contribution is -0.151. The molecule has 1 N–H and O–H groups in total. The van der Waals surface area contributed by atoms with E-state index >= 15 is 0 Å². The van der Waals surface area contributed by atoms with Gasteiger partial charge < -0.3 is 14.7 Å². The van der Waals surface area contributed by atoms with Crippen LogP contribution in [0.25, 0.3) is 0 Å². The SMILES string of the molecule is CN(C(=O)[C@@H]1CC=CC[C@@H]1C(=O)O)C1CCOCC1. The Morgan fingerprint density at radius 1 is 1.16 bits per heavy atom. The van der Waals surface area contributed by atoms with E-state index < -0.39 is 17.8 Å². The van der Waals surface area contributed by atoms with Crippen LogP contribution in [0.3, 0.4) is 0 Å². The van der Waals surface area contributed by atoms with E-state index in [4.69, 9.17) is 4.74 Å². The Labute approximate surface area is 113 Å². The number of carbonyl (C=O) groups excluding carboxylic acids is 1. The lowest BCUT2D eigenvalue weighted by atomic mass is 9.82. The Morgan fingerprint density at radius 2 is 1.74 bits per heavy atom. The second-order valence-electron chi connectivity index (χ2n) is 5.29. The summed E-state index contributed by atoms with van der Waals surface area (Å²) in [4.78, 5) is 25.5. The van der Waals surface area contributed by atoms with E-state index in [1.165, 1.54) is 0 Å². The Hall–Kier alpha value is -1.36. The first kappa shape index (κ1) is 14.1. The largest absolute Gasteiger partial charge is 0.481 e. The van der Waals surface area contributed by atoms with Crippen molar-refractivity contribution in [2.75, 3.05) is 20.3 Å². The van der Waals surface area contributed by atoms with Gasteiger partial charge in [-0.15, -0.1) is 0 Å². The Balaban J connectivity index is 2.04. The van der Waals surface area contributed by atoms with Crippen molar-refractivity contribution in [2.24, 2.45) is 11.8 Å². The average Bonchev–Trinajstić information content (AvgIpc) is 2.46. The van der Waals surface area contributed by atoms with Gasteiger partial charge in [-0.05, 0) is 25.7 Å². The molecular formula is C14H21NO4. The number of aliphatic carboxylic acids is 1. The van der Waals surface area contributed by atoms with Crippen LogP contribution < -0.4 is 0 Å². The molecular weight excluding hydrogens is 246 g/mol. The summed E-state index contributed by atoms with van der Waals surface area (Å²) >= 11 is 0. The number of hydrogen-bond donors (Lipinski definition) is 1. The zero-order valence-corrected chi connectivity index (χ0v) is 11.2. The summed E-state index contributed by atoms with van der Waals surface area (Å²) in [6.45, 7) is 1.35. The van der Waals surface area contributed by atoms with Crippen molar-refractivity contribution in [1.82, 2.24) is 4.90 Å². The Morgan fingerprint density at radius 3 is 2.32 bits per heavy atom. The van der Waals surface area contributed by atoms with Crippen LogP contribution in [0.5, 0.6) is 0 Å². The monoisotopic (exact) mass is 267 g/mol. The van der Waals surface area contributed by atoms with E-state index in [0.29, 0.717) is 26.1 Å². The molecule has 5 heteroatoms. The molecule has 0 aromatic carbocycles. The van der Waals surface area contributed by atoms with Gasteiger partial charge in [-0.1, -0.05) is 12.2 Å². The fourth-order valence-electron chi connectivity index (χ4n) is 2.87. The molecule has 0 aromatic heterocycles. The molecule has 1 fully saturated rings. The number of amides is 1. The summed E-state index contributed by atoms with van der Waals surface area (Å²) in [5.41, 5.74) is 0. The molecule has 1 saturated heterocycles.